The number of piperidine rings is 1. The average molecular weight is 408 g/mol. The Hall–Kier alpha value is -2.70. The van der Waals surface area contributed by atoms with E-state index in [2.05, 4.69) is 29.2 Å². The molecule has 4 rings (SSSR count). The van der Waals surface area contributed by atoms with Crippen LogP contribution in [-0.2, 0) is 22.6 Å². The molecular weight excluding hydrogens is 378 g/mol. The van der Waals surface area contributed by atoms with Crippen molar-refractivity contribution in [1.29, 1.82) is 0 Å². The molecule has 2 aliphatic heterocycles. The zero-order valence-electron chi connectivity index (χ0n) is 17.5. The summed E-state index contributed by atoms with van der Waals surface area (Å²) in [6.45, 7) is 3.55. The maximum Gasteiger partial charge on any atom is 0.328 e. The Morgan fingerprint density at radius 2 is 1.43 bits per heavy atom. The molecule has 0 bridgehead atoms. The molecule has 2 fully saturated rings. The summed E-state index contributed by atoms with van der Waals surface area (Å²) in [5.41, 5.74) is 1.55. The third-order valence-electron chi connectivity index (χ3n) is 6.26. The topological polar surface area (TPSA) is 53.1 Å². The standard InChI is InChI=1S/C24H29N3O3/c1-30-17-16-26-22(28)24(27(23(26)29)19-21-10-6-3-7-11-21)12-14-25(15-13-24)18-20-8-4-2-5-9-20/h2-11H,12-19H2,1H3. The maximum atomic E-state index is 13.5. The molecule has 0 unspecified atom stereocenters. The van der Waals surface area contributed by atoms with Gasteiger partial charge in [0, 0.05) is 33.3 Å². The highest BCUT2D eigenvalue weighted by Gasteiger charge is 2.57. The van der Waals surface area contributed by atoms with Crippen LogP contribution in [0.3, 0.4) is 0 Å². The van der Waals surface area contributed by atoms with Crippen molar-refractivity contribution in [3.05, 3.63) is 71.8 Å². The van der Waals surface area contributed by atoms with E-state index in [4.69, 9.17) is 4.74 Å². The van der Waals surface area contributed by atoms with E-state index < -0.39 is 5.54 Å². The molecule has 0 saturated carbocycles. The Balaban J connectivity index is 1.53. The number of rotatable bonds is 7. The lowest BCUT2D eigenvalue weighted by Crippen LogP contribution is -2.56. The van der Waals surface area contributed by atoms with Gasteiger partial charge in [0.25, 0.3) is 5.91 Å². The SMILES string of the molecule is COCCN1C(=O)N(Cc2ccccc2)C2(CCN(Cc3ccccc3)CC2)C1=O. The van der Waals surface area contributed by atoms with Crippen LogP contribution in [0.1, 0.15) is 24.0 Å². The van der Waals surface area contributed by atoms with Crippen LogP contribution in [0, 0.1) is 0 Å². The molecule has 30 heavy (non-hydrogen) atoms. The van der Waals surface area contributed by atoms with Crippen LogP contribution in [0.5, 0.6) is 0 Å². The van der Waals surface area contributed by atoms with Crippen LogP contribution in [0.15, 0.2) is 60.7 Å². The first kappa shape index (κ1) is 20.6. The molecular formula is C24H29N3O3. The second-order valence-corrected chi connectivity index (χ2v) is 8.10. The monoisotopic (exact) mass is 407 g/mol. The lowest BCUT2D eigenvalue weighted by Gasteiger charge is -2.42. The summed E-state index contributed by atoms with van der Waals surface area (Å²) in [7, 11) is 1.59. The molecule has 0 N–H and O–H groups in total. The molecule has 0 aliphatic carbocycles. The molecule has 0 atom stereocenters. The first-order valence-corrected chi connectivity index (χ1v) is 10.6. The summed E-state index contributed by atoms with van der Waals surface area (Å²) >= 11 is 0. The molecule has 6 heteroatoms. The minimum atomic E-state index is -0.756. The molecule has 0 radical (unpaired) electrons. The van der Waals surface area contributed by atoms with E-state index in [0.717, 1.165) is 25.2 Å². The number of likely N-dealkylation sites (tertiary alicyclic amines) is 1. The number of ether oxygens (including phenoxy) is 1. The van der Waals surface area contributed by atoms with Gasteiger partial charge >= 0.3 is 6.03 Å². The number of hydrogen-bond acceptors (Lipinski definition) is 4. The second-order valence-electron chi connectivity index (χ2n) is 8.10. The van der Waals surface area contributed by atoms with E-state index in [1.54, 1.807) is 12.0 Å². The van der Waals surface area contributed by atoms with Gasteiger partial charge in [-0.15, -0.1) is 0 Å². The van der Waals surface area contributed by atoms with E-state index in [1.807, 2.05) is 36.4 Å². The van der Waals surface area contributed by atoms with Crippen LogP contribution >= 0.6 is 0 Å². The molecule has 3 amide bonds. The fourth-order valence-corrected chi connectivity index (χ4v) is 4.55. The Bertz CT molecular complexity index is 864. The first-order chi connectivity index (χ1) is 14.6. The van der Waals surface area contributed by atoms with Gasteiger partial charge in [-0.25, -0.2) is 4.79 Å². The summed E-state index contributed by atoms with van der Waals surface area (Å²) in [5.74, 6) is -0.0696. The Labute approximate surface area is 178 Å². The molecule has 0 aromatic heterocycles. The van der Waals surface area contributed by atoms with Gasteiger partial charge in [0.05, 0.1) is 13.2 Å². The van der Waals surface area contributed by atoms with E-state index >= 15 is 0 Å². The number of urea groups is 1. The van der Waals surface area contributed by atoms with E-state index in [-0.39, 0.29) is 11.9 Å². The van der Waals surface area contributed by atoms with Crippen LogP contribution in [0.2, 0.25) is 0 Å². The number of methoxy groups -OCH3 is 1. The smallest absolute Gasteiger partial charge is 0.328 e. The van der Waals surface area contributed by atoms with Crippen molar-refractivity contribution in [2.75, 3.05) is 33.4 Å². The lowest BCUT2D eigenvalue weighted by atomic mass is 9.85. The third-order valence-corrected chi connectivity index (χ3v) is 6.26. The lowest BCUT2D eigenvalue weighted by molar-refractivity contribution is -0.136. The summed E-state index contributed by atoms with van der Waals surface area (Å²) in [6.07, 6.45) is 1.31. The number of hydrogen-bond donors (Lipinski definition) is 0. The molecule has 2 aromatic carbocycles. The molecule has 2 aromatic rings. The summed E-state index contributed by atoms with van der Waals surface area (Å²) < 4.78 is 5.14. The average Bonchev–Trinajstić information content (AvgIpc) is 2.96. The Kier molecular flexibility index (Phi) is 6.16. The highest BCUT2D eigenvalue weighted by molar-refractivity contribution is 6.07. The Morgan fingerprint density at radius 1 is 0.867 bits per heavy atom. The van der Waals surface area contributed by atoms with Gasteiger partial charge in [0.15, 0.2) is 0 Å². The predicted octanol–water partition coefficient (Wildman–Crippen LogP) is 3.13. The van der Waals surface area contributed by atoms with Crippen molar-refractivity contribution in [1.82, 2.24) is 14.7 Å². The van der Waals surface area contributed by atoms with Crippen LogP contribution in [-0.4, -0.2) is 65.5 Å². The number of carbonyl (C=O) groups is 2. The number of imide groups is 1. The fourth-order valence-electron chi connectivity index (χ4n) is 4.55. The van der Waals surface area contributed by atoms with Gasteiger partial charge in [-0.05, 0) is 24.0 Å². The number of carbonyl (C=O) groups excluding carboxylic acids is 2. The van der Waals surface area contributed by atoms with Gasteiger partial charge in [-0.3, -0.25) is 14.6 Å². The molecule has 2 saturated heterocycles. The first-order valence-electron chi connectivity index (χ1n) is 10.6. The highest BCUT2D eigenvalue weighted by atomic mass is 16.5. The Morgan fingerprint density at radius 3 is 2.00 bits per heavy atom. The van der Waals surface area contributed by atoms with Crippen molar-refractivity contribution < 1.29 is 14.3 Å². The van der Waals surface area contributed by atoms with Crippen LogP contribution < -0.4 is 0 Å². The second kappa shape index (κ2) is 8.98. The highest BCUT2D eigenvalue weighted by Crippen LogP contribution is 2.38. The van der Waals surface area contributed by atoms with Gasteiger partial charge in [0.2, 0.25) is 0 Å². The van der Waals surface area contributed by atoms with Gasteiger partial charge in [-0.1, -0.05) is 60.7 Å². The van der Waals surface area contributed by atoms with Crippen LogP contribution in [0.25, 0.3) is 0 Å². The van der Waals surface area contributed by atoms with E-state index in [0.29, 0.717) is 32.5 Å². The van der Waals surface area contributed by atoms with Crippen molar-refractivity contribution in [3.63, 3.8) is 0 Å². The largest absolute Gasteiger partial charge is 0.383 e. The van der Waals surface area contributed by atoms with Crippen LogP contribution in [0.4, 0.5) is 4.79 Å². The van der Waals surface area contributed by atoms with Crippen molar-refractivity contribution in [2.45, 2.75) is 31.5 Å². The molecule has 2 aliphatic rings. The molecule has 158 valence electrons. The maximum absolute atomic E-state index is 13.5. The van der Waals surface area contributed by atoms with Gasteiger partial charge in [-0.2, -0.15) is 0 Å². The summed E-state index contributed by atoms with van der Waals surface area (Å²) in [4.78, 5) is 32.3. The normalized spacial score (nSPS) is 19.1. The fraction of sp³-hybridized carbons (Fsp3) is 0.417. The summed E-state index contributed by atoms with van der Waals surface area (Å²) in [5, 5.41) is 0. The zero-order chi connectivity index (χ0) is 21.0. The number of benzene rings is 2. The quantitative estimate of drug-likeness (QED) is 0.662. The van der Waals surface area contributed by atoms with Gasteiger partial charge < -0.3 is 9.64 Å². The zero-order valence-corrected chi connectivity index (χ0v) is 17.5. The van der Waals surface area contributed by atoms with Crippen molar-refractivity contribution in [2.24, 2.45) is 0 Å². The minimum Gasteiger partial charge on any atom is -0.383 e. The number of amides is 3. The van der Waals surface area contributed by atoms with Crippen molar-refractivity contribution in [3.8, 4) is 0 Å². The van der Waals surface area contributed by atoms with Gasteiger partial charge in [0.1, 0.15) is 5.54 Å². The molecule has 6 nitrogen and oxygen atoms in total. The third kappa shape index (κ3) is 3.98. The number of nitrogens with zero attached hydrogens (tertiary/aromatic N) is 3. The minimum absolute atomic E-state index is 0.0696. The molecule has 2 heterocycles. The summed E-state index contributed by atoms with van der Waals surface area (Å²) in [6, 6.07) is 20.1. The molecule has 1 spiro atoms. The predicted molar refractivity (Wildman–Crippen MR) is 115 cm³/mol. The van der Waals surface area contributed by atoms with E-state index in [1.165, 1.54) is 10.5 Å². The van der Waals surface area contributed by atoms with E-state index in [9.17, 15) is 9.59 Å². The van der Waals surface area contributed by atoms with Crippen molar-refractivity contribution >= 4 is 11.9 Å².